The van der Waals surface area contributed by atoms with Crippen LogP contribution in [0.15, 0.2) is 29.3 Å². The maximum atomic E-state index is 12.6. The number of benzene rings is 1. The van der Waals surface area contributed by atoms with Crippen LogP contribution in [0.4, 0.5) is 13.2 Å². The van der Waals surface area contributed by atoms with E-state index >= 15 is 0 Å². The first-order valence-electron chi connectivity index (χ1n) is 9.43. The number of nitrogens with zero attached hydrogens (tertiary/aromatic N) is 2. The van der Waals surface area contributed by atoms with Gasteiger partial charge in [-0.1, -0.05) is 25.1 Å². The highest BCUT2D eigenvalue weighted by molar-refractivity contribution is 5.81. The van der Waals surface area contributed by atoms with Gasteiger partial charge in [-0.2, -0.15) is 0 Å². The lowest BCUT2D eigenvalue weighted by molar-refractivity contribution is -0.274. The van der Waals surface area contributed by atoms with Crippen molar-refractivity contribution in [3.63, 3.8) is 0 Å². The summed E-state index contributed by atoms with van der Waals surface area (Å²) in [6, 6.07) is 6.33. The first-order valence-corrected chi connectivity index (χ1v) is 9.43. The van der Waals surface area contributed by atoms with Crippen LogP contribution in [0.2, 0.25) is 0 Å². The molecule has 3 rings (SSSR count). The lowest BCUT2D eigenvalue weighted by atomic mass is 10.1. The average Bonchev–Trinajstić information content (AvgIpc) is 3.25. The summed E-state index contributed by atoms with van der Waals surface area (Å²) in [4.78, 5) is 17.8. The van der Waals surface area contributed by atoms with E-state index < -0.39 is 6.36 Å². The van der Waals surface area contributed by atoms with Crippen LogP contribution in [0.3, 0.4) is 0 Å². The monoisotopic (exact) mass is 398 g/mol. The van der Waals surface area contributed by atoms with E-state index in [0.717, 1.165) is 13.0 Å². The highest BCUT2D eigenvalue weighted by Crippen LogP contribution is 2.45. The number of alkyl halides is 3. The lowest BCUT2D eigenvalue weighted by Gasteiger charge is -2.19. The maximum Gasteiger partial charge on any atom is 0.573 e. The molecule has 28 heavy (non-hydrogen) atoms. The summed E-state index contributed by atoms with van der Waals surface area (Å²) in [6.07, 6.45) is -2.69. The number of aliphatic imine (C=N–C) groups is 1. The molecule has 1 aromatic rings. The van der Waals surface area contributed by atoms with E-state index in [0.29, 0.717) is 30.9 Å². The van der Waals surface area contributed by atoms with Gasteiger partial charge in [0.15, 0.2) is 5.96 Å². The molecule has 6 nitrogen and oxygen atoms in total. The van der Waals surface area contributed by atoms with Crippen LogP contribution in [0.5, 0.6) is 5.75 Å². The second-order valence-corrected chi connectivity index (χ2v) is 7.07. The van der Waals surface area contributed by atoms with Crippen LogP contribution in [-0.4, -0.2) is 55.3 Å². The Morgan fingerprint density at radius 3 is 2.75 bits per heavy atom. The Morgan fingerprint density at radius 1 is 1.32 bits per heavy atom. The SMILES string of the molecule is CCC(=O)N1CCC(NC(=NC)NC2CC2c2ccccc2OC(F)(F)F)C1. The van der Waals surface area contributed by atoms with E-state index in [-0.39, 0.29) is 29.7 Å². The molecule has 3 atom stereocenters. The van der Waals surface area contributed by atoms with Crippen molar-refractivity contribution in [3.8, 4) is 5.75 Å². The van der Waals surface area contributed by atoms with Gasteiger partial charge in [-0.15, -0.1) is 13.2 Å². The van der Waals surface area contributed by atoms with E-state index in [4.69, 9.17) is 0 Å². The van der Waals surface area contributed by atoms with E-state index in [1.54, 1.807) is 19.2 Å². The van der Waals surface area contributed by atoms with Crippen LogP contribution in [0.1, 0.15) is 37.7 Å². The number of halogens is 3. The molecular weight excluding hydrogens is 373 g/mol. The summed E-state index contributed by atoms with van der Waals surface area (Å²) >= 11 is 0. The largest absolute Gasteiger partial charge is 0.573 e. The smallest absolute Gasteiger partial charge is 0.405 e. The number of nitrogens with one attached hydrogen (secondary N) is 2. The molecule has 9 heteroatoms. The zero-order valence-corrected chi connectivity index (χ0v) is 15.9. The van der Waals surface area contributed by atoms with Crippen molar-refractivity contribution in [2.24, 2.45) is 4.99 Å². The molecule has 1 amide bonds. The number of para-hydroxylation sites is 1. The van der Waals surface area contributed by atoms with Gasteiger partial charge in [0.05, 0.1) is 0 Å². The van der Waals surface area contributed by atoms with Crippen LogP contribution >= 0.6 is 0 Å². The molecule has 1 aliphatic carbocycles. The normalized spacial score (nSPS) is 24.8. The number of likely N-dealkylation sites (tertiary alicyclic amines) is 1. The summed E-state index contributed by atoms with van der Waals surface area (Å²) in [5, 5.41) is 6.57. The molecule has 1 heterocycles. The van der Waals surface area contributed by atoms with Crippen molar-refractivity contribution in [2.45, 2.75) is 50.6 Å². The molecule has 1 saturated carbocycles. The van der Waals surface area contributed by atoms with Gasteiger partial charge in [-0.3, -0.25) is 9.79 Å². The fourth-order valence-corrected chi connectivity index (χ4v) is 3.57. The molecule has 2 fully saturated rings. The molecule has 0 aromatic heterocycles. The Bertz CT molecular complexity index is 738. The zero-order valence-electron chi connectivity index (χ0n) is 15.9. The van der Waals surface area contributed by atoms with Gasteiger partial charge in [-0.25, -0.2) is 0 Å². The molecule has 1 aromatic carbocycles. The van der Waals surface area contributed by atoms with Gasteiger partial charge in [0.2, 0.25) is 5.91 Å². The molecule has 1 saturated heterocycles. The van der Waals surface area contributed by atoms with Crippen molar-refractivity contribution >= 4 is 11.9 Å². The van der Waals surface area contributed by atoms with E-state index in [9.17, 15) is 18.0 Å². The fraction of sp³-hybridized carbons (Fsp3) is 0.579. The predicted molar refractivity (Wildman–Crippen MR) is 99.2 cm³/mol. The Labute approximate surface area is 162 Å². The van der Waals surface area contributed by atoms with Crippen molar-refractivity contribution in [1.29, 1.82) is 0 Å². The molecule has 0 bridgehead atoms. The number of amides is 1. The first kappa shape index (κ1) is 20.3. The zero-order chi connectivity index (χ0) is 20.3. The number of guanidine groups is 1. The summed E-state index contributed by atoms with van der Waals surface area (Å²) < 4.78 is 42.0. The minimum absolute atomic E-state index is 0.0148. The molecular formula is C19H25F3N4O2. The van der Waals surface area contributed by atoms with Gasteiger partial charge in [0.1, 0.15) is 5.75 Å². The minimum atomic E-state index is -4.71. The number of carbonyl (C=O) groups excluding carboxylic acids is 1. The Morgan fingerprint density at radius 2 is 2.07 bits per heavy atom. The Balaban J connectivity index is 1.55. The average molecular weight is 398 g/mol. The van der Waals surface area contributed by atoms with Crippen LogP contribution in [0, 0.1) is 0 Å². The molecule has 0 radical (unpaired) electrons. The third kappa shape index (κ3) is 5.08. The van der Waals surface area contributed by atoms with E-state index in [1.807, 2.05) is 11.8 Å². The Hall–Kier alpha value is -2.45. The summed E-state index contributed by atoms with van der Waals surface area (Å²) in [7, 11) is 1.65. The standard InChI is InChI=1S/C19H25F3N4O2/c1-3-17(27)26-9-8-12(11-26)24-18(23-2)25-15-10-14(15)13-6-4-5-7-16(13)28-19(20,21)22/h4-7,12,14-15H,3,8-11H2,1-2H3,(H2,23,24,25). The molecule has 1 aliphatic heterocycles. The number of hydrogen-bond acceptors (Lipinski definition) is 3. The number of rotatable bonds is 5. The molecule has 0 spiro atoms. The van der Waals surface area contributed by atoms with Crippen molar-refractivity contribution in [3.05, 3.63) is 29.8 Å². The van der Waals surface area contributed by atoms with Crippen LogP contribution in [-0.2, 0) is 4.79 Å². The topological polar surface area (TPSA) is 66.0 Å². The number of hydrogen-bond donors (Lipinski definition) is 2. The molecule has 2 N–H and O–H groups in total. The molecule has 154 valence electrons. The van der Waals surface area contributed by atoms with E-state index in [2.05, 4.69) is 20.4 Å². The third-order valence-electron chi connectivity index (χ3n) is 5.06. The molecule has 3 unspecified atom stereocenters. The van der Waals surface area contributed by atoms with Crippen molar-refractivity contribution in [2.75, 3.05) is 20.1 Å². The van der Waals surface area contributed by atoms with Gasteiger partial charge in [-0.05, 0) is 24.5 Å². The highest BCUT2D eigenvalue weighted by Gasteiger charge is 2.42. The lowest BCUT2D eigenvalue weighted by Crippen LogP contribution is -2.46. The van der Waals surface area contributed by atoms with Gasteiger partial charge in [0.25, 0.3) is 0 Å². The quantitative estimate of drug-likeness (QED) is 0.591. The molecule has 2 aliphatic rings. The van der Waals surface area contributed by atoms with Crippen LogP contribution in [0.25, 0.3) is 0 Å². The van der Waals surface area contributed by atoms with Crippen LogP contribution < -0.4 is 15.4 Å². The number of carbonyl (C=O) groups is 1. The summed E-state index contributed by atoms with van der Waals surface area (Å²) in [6.45, 7) is 3.19. The van der Waals surface area contributed by atoms with E-state index in [1.165, 1.54) is 12.1 Å². The van der Waals surface area contributed by atoms with Crippen molar-refractivity contribution in [1.82, 2.24) is 15.5 Å². The Kier molecular flexibility index (Phi) is 6.00. The van der Waals surface area contributed by atoms with Gasteiger partial charge >= 0.3 is 6.36 Å². The number of ether oxygens (including phenoxy) is 1. The fourth-order valence-electron chi connectivity index (χ4n) is 3.57. The first-order chi connectivity index (χ1) is 13.3. The highest BCUT2D eigenvalue weighted by atomic mass is 19.4. The predicted octanol–water partition coefficient (Wildman–Crippen LogP) is 2.62. The third-order valence-corrected chi connectivity index (χ3v) is 5.06. The second kappa shape index (κ2) is 8.28. The second-order valence-electron chi connectivity index (χ2n) is 7.07. The summed E-state index contributed by atoms with van der Waals surface area (Å²) in [5.41, 5.74) is 0.536. The summed E-state index contributed by atoms with van der Waals surface area (Å²) in [5.74, 6) is 0.504. The maximum absolute atomic E-state index is 12.6. The van der Waals surface area contributed by atoms with Gasteiger partial charge in [0, 0.05) is 44.6 Å². The minimum Gasteiger partial charge on any atom is -0.405 e. The van der Waals surface area contributed by atoms with Gasteiger partial charge < -0.3 is 20.3 Å². The van der Waals surface area contributed by atoms with Crippen molar-refractivity contribution < 1.29 is 22.7 Å².